The molecule has 21 heavy (non-hydrogen) atoms. The van der Waals surface area contributed by atoms with E-state index in [9.17, 15) is 0 Å². The van der Waals surface area contributed by atoms with Crippen molar-refractivity contribution in [2.45, 2.75) is 32.4 Å². The third-order valence-corrected chi connectivity index (χ3v) is 4.31. The molecule has 1 aliphatic rings. The Morgan fingerprint density at radius 3 is 2.38 bits per heavy atom. The van der Waals surface area contributed by atoms with Crippen molar-refractivity contribution in [3.8, 4) is 11.8 Å². The molecule has 0 aromatic heterocycles. The van der Waals surface area contributed by atoms with E-state index in [1.54, 1.807) is 12.1 Å². The average Bonchev–Trinajstić information content (AvgIpc) is 2.49. The Bertz CT molecular complexity index is 468. The van der Waals surface area contributed by atoms with Gasteiger partial charge in [0.05, 0.1) is 18.2 Å². The molecule has 2 unspecified atom stereocenters. The molecule has 0 spiro atoms. The summed E-state index contributed by atoms with van der Waals surface area (Å²) in [6.45, 7) is 8.65. The topological polar surface area (TPSA) is 39.5 Å². The van der Waals surface area contributed by atoms with E-state index in [-0.39, 0.29) is 0 Å². The molecule has 0 amide bonds. The molecule has 1 aromatic rings. The summed E-state index contributed by atoms with van der Waals surface area (Å²) in [7, 11) is 2.21. The van der Waals surface area contributed by atoms with Crippen LogP contribution in [0.4, 0.5) is 0 Å². The Hall–Kier alpha value is -1.57. The SMILES string of the molecule is CC1CN(CCCOc2ccc(C#N)cc2)CC(C)N1C. The maximum Gasteiger partial charge on any atom is 0.119 e. The summed E-state index contributed by atoms with van der Waals surface area (Å²) in [5.41, 5.74) is 0.669. The van der Waals surface area contributed by atoms with Crippen molar-refractivity contribution in [1.29, 1.82) is 5.26 Å². The van der Waals surface area contributed by atoms with Gasteiger partial charge in [0.1, 0.15) is 5.75 Å². The Labute approximate surface area is 127 Å². The van der Waals surface area contributed by atoms with Crippen molar-refractivity contribution >= 4 is 0 Å². The van der Waals surface area contributed by atoms with Crippen molar-refractivity contribution in [3.63, 3.8) is 0 Å². The number of rotatable bonds is 5. The summed E-state index contributed by atoms with van der Waals surface area (Å²) in [6.07, 6.45) is 1.03. The number of hydrogen-bond acceptors (Lipinski definition) is 4. The van der Waals surface area contributed by atoms with Crippen LogP contribution in [0.5, 0.6) is 5.75 Å². The number of hydrogen-bond donors (Lipinski definition) is 0. The lowest BCUT2D eigenvalue weighted by Crippen LogP contribution is -2.55. The molecule has 0 bridgehead atoms. The largest absolute Gasteiger partial charge is 0.494 e. The lowest BCUT2D eigenvalue weighted by Gasteiger charge is -2.42. The van der Waals surface area contributed by atoms with Crippen molar-refractivity contribution < 1.29 is 4.74 Å². The van der Waals surface area contributed by atoms with Gasteiger partial charge in [-0.1, -0.05) is 0 Å². The van der Waals surface area contributed by atoms with Crippen LogP contribution >= 0.6 is 0 Å². The van der Waals surface area contributed by atoms with Gasteiger partial charge in [-0.3, -0.25) is 4.90 Å². The minimum absolute atomic E-state index is 0.619. The van der Waals surface area contributed by atoms with Crippen molar-refractivity contribution in [3.05, 3.63) is 29.8 Å². The molecular formula is C17H25N3O. The van der Waals surface area contributed by atoms with E-state index in [4.69, 9.17) is 10.00 Å². The molecule has 2 atom stereocenters. The lowest BCUT2D eigenvalue weighted by molar-refractivity contribution is 0.0571. The van der Waals surface area contributed by atoms with Crippen molar-refractivity contribution in [2.24, 2.45) is 0 Å². The number of piperazine rings is 1. The summed E-state index contributed by atoms with van der Waals surface area (Å²) in [4.78, 5) is 4.97. The Balaban J connectivity index is 1.69. The van der Waals surface area contributed by atoms with Crippen LogP contribution in [0.3, 0.4) is 0 Å². The van der Waals surface area contributed by atoms with Crippen molar-refractivity contribution in [1.82, 2.24) is 9.80 Å². The minimum atomic E-state index is 0.619. The van der Waals surface area contributed by atoms with Gasteiger partial charge in [-0.05, 0) is 51.6 Å². The summed E-state index contributed by atoms with van der Waals surface area (Å²) in [5.74, 6) is 0.842. The second-order valence-electron chi connectivity index (χ2n) is 5.96. The lowest BCUT2D eigenvalue weighted by atomic mass is 10.1. The molecule has 4 nitrogen and oxygen atoms in total. The molecule has 2 rings (SSSR count). The number of nitrogens with zero attached hydrogens (tertiary/aromatic N) is 3. The second-order valence-corrected chi connectivity index (χ2v) is 5.96. The smallest absolute Gasteiger partial charge is 0.119 e. The van der Waals surface area contributed by atoms with E-state index in [1.807, 2.05) is 12.1 Å². The van der Waals surface area contributed by atoms with E-state index < -0.39 is 0 Å². The zero-order chi connectivity index (χ0) is 15.2. The van der Waals surface area contributed by atoms with Gasteiger partial charge in [0, 0.05) is 31.7 Å². The van der Waals surface area contributed by atoms with Crippen LogP contribution in [-0.4, -0.2) is 55.2 Å². The van der Waals surface area contributed by atoms with Crippen LogP contribution in [0, 0.1) is 11.3 Å². The van der Waals surface area contributed by atoms with Gasteiger partial charge in [-0.2, -0.15) is 5.26 Å². The maximum absolute atomic E-state index is 8.75. The Kier molecular flexibility index (Phi) is 5.60. The van der Waals surface area contributed by atoms with Crippen LogP contribution < -0.4 is 4.74 Å². The fourth-order valence-corrected chi connectivity index (χ4v) is 2.80. The van der Waals surface area contributed by atoms with Gasteiger partial charge in [-0.15, -0.1) is 0 Å². The van der Waals surface area contributed by atoms with Gasteiger partial charge >= 0.3 is 0 Å². The second kappa shape index (κ2) is 7.44. The highest BCUT2D eigenvalue weighted by atomic mass is 16.5. The summed E-state index contributed by atoms with van der Waals surface area (Å²) >= 11 is 0. The molecule has 114 valence electrons. The van der Waals surface area contributed by atoms with Crippen LogP contribution in [0.1, 0.15) is 25.8 Å². The normalized spacial score (nSPS) is 23.7. The zero-order valence-corrected chi connectivity index (χ0v) is 13.2. The van der Waals surface area contributed by atoms with Gasteiger partial charge in [0.25, 0.3) is 0 Å². The van der Waals surface area contributed by atoms with E-state index in [0.29, 0.717) is 17.6 Å². The molecule has 1 aromatic carbocycles. The third-order valence-electron chi connectivity index (χ3n) is 4.31. The Morgan fingerprint density at radius 2 is 1.81 bits per heavy atom. The zero-order valence-electron chi connectivity index (χ0n) is 13.2. The van der Waals surface area contributed by atoms with E-state index in [1.165, 1.54) is 0 Å². The summed E-state index contributed by atoms with van der Waals surface area (Å²) in [6, 6.07) is 10.6. The molecule has 1 heterocycles. The number of nitriles is 1. The highest BCUT2D eigenvalue weighted by molar-refractivity contribution is 5.34. The molecule has 0 radical (unpaired) electrons. The Morgan fingerprint density at radius 1 is 1.19 bits per heavy atom. The molecule has 1 saturated heterocycles. The molecule has 0 N–H and O–H groups in total. The number of benzene rings is 1. The molecule has 1 fully saturated rings. The first-order valence-corrected chi connectivity index (χ1v) is 7.67. The fraction of sp³-hybridized carbons (Fsp3) is 0.588. The van der Waals surface area contributed by atoms with Crippen LogP contribution in [0.25, 0.3) is 0 Å². The standard InChI is InChI=1S/C17H25N3O/c1-14-12-20(13-15(2)19(14)3)9-4-10-21-17-7-5-16(11-18)6-8-17/h5-8,14-15H,4,9-10,12-13H2,1-3H3. The quantitative estimate of drug-likeness (QED) is 0.779. The van der Waals surface area contributed by atoms with E-state index >= 15 is 0 Å². The van der Waals surface area contributed by atoms with Crippen LogP contribution in [0.2, 0.25) is 0 Å². The summed E-state index contributed by atoms with van der Waals surface area (Å²) in [5, 5.41) is 8.75. The average molecular weight is 287 g/mol. The van der Waals surface area contributed by atoms with Gasteiger partial charge < -0.3 is 9.64 Å². The first-order valence-electron chi connectivity index (χ1n) is 7.67. The predicted octanol–water partition coefficient (Wildman–Crippen LogP) is 2.35. The first kappa shape index (κ1) is 15.8. The summed E-state index contributed by atoms with van der Waals surface area (Å²) < 4.78 is 5.72. The minimum Gasteiger partial charge on any atom is -0.494 e. The van der Waals surface area contributed by atoms with Crippen LogP contribution in [-0.2, 0) is 0 Å². The first-order chi connectivity index (χ1) is 10.1. The van der Waals surface area contributed by atoms with Gasteiger partial charge in [-0.25, -0.2) is 0 Å². The molecule has 0 aliphatic carbocycles. The molecule has 4 heteroatoms. The highest BCUT2D eigenvalue weighted by Gasteiger charge is 2.25. The highest BCUT2D eigenvalue weighted by Crippen LogP contribution is 2.14. The van der Waals surface area contributed by atoms with Gasteiger partial charge in [0.15, 0.2) is 0 Å². The monoisotopic (exact) mass is 287 g/mol. The molecular weight excluding hydrogens is 262 g/mol. The molecule has 1 aliphatic heterocycles. The fourth-order valence-electron chi connectivity index (χ4n) is 2.80. The number of likely N-dealkylation sites (N-methyl/N-ethyl adjacent to an activating group) is 1. The van der Waals surface area contributed by atoms with Gasteiger partial charge in [0.2, 0.25) is 0 Å². The van der Waals surface area contributed by atoms with Crippen LogP contribution in [0.15, 0.2) is 24.3 Å². The number of ether oxygens (including phenoxy) is 1. The third kappa shape index (κ3) is 4.45. The van der Waals surface area contributed by atoms with Crippen molar-refractivity contribution in [2.75, 3.05) is 33.3 Å². The van der Waals surface area contributed by atoms with E-state index in [2.05, 4.69) is 36.8 Å². The van der Waals surface area contributed by atoms with E-state index in [0.717, 1.165) is 38.4 Å². The molecule has 0 saturated carbocycles. The maximum atomic E-state index is 8.75. The predicted molar refractivity (Wildman–Crippen MR) is 84.4 cm³/mol.